The molecule has 11 N–H and O–H groups in total. The molecule has 1 atom stereocenters. The number of rotatable bonds is 18. The molecule has 7 heterocycles. The number of nitrogens with zero attached hydrogens (tertiary/aromatic N) is 8. The molecule has 1 aromatic carbocycles. The second kappa shape index (κ2) is 30.0. The maximum absolute atomic E-state index is 13.5. The first-order valence-corrected chi connectivity index (χ1v) is 28.4. The van der Waals surface area contributed by atoms with Gasteiger partial charge in [0.25, 0.3) is 17.7 Å². The van der Waals surface area contributed by atoms with Crippen molar-refractivity contribution in [3.8, 4) is 43.4 Å². The van der Waals surface area contributed by atoms with Gasteiger partial charge >= 0.3 is 5.91 Å². The van der Waals surface area contributed by atoms with Crippen molar-refractivity contribution in [3.05, 3.63) is 112 Å². The van der Waals surface area contributed by atoms with Gasteiger partial charge in [-0.25, -0.2) is 34.9 Å². The van der Waals surface area contributed by atoms with Gasteiger partial charge in [0.2, 0.25) is 11.8 Å². The monoisotopic (exact) mass is 1170 g/mol. The number of hydrogen-bond acceptors (Lipinski definition) is 22. The number of aromatic nitrogens is 7. The third-order valence-electron chi connectivity index (χ3n) is 9.63. The lowest BCUT2D eigenvalue weighted by atomic mass is 10.1. The van der Waals surface area contributed by atoms with E-state index in [4.69, 9.17) is 31.0 Å². The van der Waals surface area contributed by atoms with Crippen molar-refractivity contribution in [1.82, 2.24) is 50.8 Å². The normalized spacial score (nSPS) is 10.9. The van der Waals surface area contributed by atoms with E-state index in [2.05, 4.69) is 72.8 Å². The van der Waals surface area contributed by atoms with E-state index in [0.29, 0.717) is 64.5 Å². The molecular formula is C49H56N15O8S6+. The van der Waals surface area contributed by atoms with Crippen LogP contribution in [0.1, 0.15) is 101 Å². The molecule has 0 aliphatic heterocycles. The lowest BCUT2D eigenvalue weighted by molar-refractivity contribution is -0.211. The van der Waals surface area contributed by atoms with E-state index >= 15 is 0 Å². The van der Waals surface area contributed by atoms with Crippen molar-refractivity contribution in [2.45, 2.75) is 60.3 Å². The molecule has 7 aromatic heterocycles. The van der Waals surface area contributed by atoms with Crippen molar-refractivity contribution >= 4 is 109 Å². The summed E-state index contributed by atoms with van der Waals surface area (Å²) < 4.78 is 5.17. The van der Waals surface area contributed by atoms with Gasteiger partial charge in [0, 0.05) is 64.6 Å². The van der Waals surface area contributed by atoms with E-state index < -0.39 is 35.6 Å². The average Bonchev–Trinajstić information content (AvgIpc) is 4.31. The molecule has 8 aromatic rings. The van der Waals surface area contributed by atoms with E-state index in [1.54, 1.807) is 36.9 Å². The maximum atomic E-state index is 13.5. The zero-order chi connectivity index (χ0) is 57.1. The smallest absolute Gasteiger partial charge is 0.357 e. The molecule has 0 fully saturated rings. The lowest BCUT2D eigenvalue weighted by Gasteiger charge is -2.08. The third-order valence-corrected chi connectivity index (χ3v) is 15.0. The molecule has 0 bridgehead atoms. The Labute approximate surface area is 472 Å². The molecule has 6 amide bonds. The third kappa shape index (κ3) is 17.3. The van der Waals surface area contributed by atoms with E-state index in [-0.39, 0.29) is 53.5 Å². The van der Waals surface area contributed by atoms with Crippen molar-refractivity contribution in [2.75, 3.05) is 33.1 Å². The van der Waals surface area contributed by atoms with E-state index in [0.717, 1.165) is 27.8 Å². The number of ether oxygens (including phenoxy) is 1. The first-order valence-electron chi connectivity index (χ1n) is 23.3. The van der Waals surface area contributed by atoms with Crippen LogP contribution in [0.25, 0.3) is 43.4 Å². The number of aliphatic hydroxyl groups excluding tert-OH is 1. The van der Waals surface area contributed by atoms with Gasteiger partial charge in [-0.2, -0.15) is 0 Å². The van der Waals surface area contributed by atoms with E-state index in [9.17, 15) is 33.9 Å². The number of aryl methyl sites for hydroxylation is 1. The number of pyridine rings is 1. The van der Waals surface area contributed by atoms with Crippen LogP contribution in [0.4, 0.5) is 5.13 Å². The number of anilines is 1. The van der Waals surface area contributed by atoms with Gasteiger partial charge in [0.05, 0.1) is 41.4 Å². The van der Waals surface area contributed by atoms with E-state index in [1.165, 1.54) is 77.8 Å². The minimum Gasteiger partial charge on any atom is -0.388 e. The first kappa shape index (κ1) is 61.5. The summed E-state index contributed by atoms with van der Waals surface area (Å²) in [6, 6.07) is 12.9. The Hall–Kier alpha value is -7.35. The first-order chi connectivity index (χ1) is 37.4. The minimum atomic E-state index is -0.728. The second-order valence-corrected chi connectivity index (χ2v) is 22.3. The molecule has 0 aliphatic carbocycles. The average molecular weight is 1180 g/mol. The number of amides is 6. The Bertz CT molecular complexity index is 3340. The predicted octanol–water partition coefficient (Wildman–Crippen LogP) is 5.96. The molecule has 29 heteroatoms. The molecule has 78 heavy (non-hydrogen) atoms. The van der Waals surface area contributed by atoms with Crippen molar-refractivity contribution < 1.29 is 44.1 Å². The van der Waals surface area contributed by atoms with Gasteiger partial charge in [-0.05, 0) is 37.6 Å². The Morgan fingerprint density at radius 2 is 1.37 bits per heavy atom. The number of aliphatic hydroxyl groups is 1. The number of benzene rings is 1. The van der Waals surface area contributed by atoms with Crippen LogP contribution in [-0.4, -0.2) is 103 Å². The number of carbonyl (C=O) groups excluding carboxylic acids is 6. The van der Waals surface area contributed by atoms with Crippen LogP contribution in [0, 0.1) is 12.8 Å². The summed E-state index contributed by atoms with van der Waals surface area (Å²) in [7, 11) is 4.54. The van der Waals surface area contributed by atoms with Crippen LogP contribution in [0.3, 0.4) is 0 Å². The summed E-state index contributed by atoms with van der Waals surface area (Å²) in [6.07, 6.45) is -0.367. The number of carbonyl (C=O) groups is 6. The largest absolute Gasteiger partial charge is 0.388 e. The molecule has 23 nitrogen and oxygen atoms in total. The van der Waals surface area contributed by atoms with Gasteiger partial charge in [0.15, 0.2) is 5.13 Å². The molecule has 0 saturated heterocycles. The van der Waals surface area contributed by atoms with Crippen LogP contribution in [0.2, 0.25) is 0 Å². The fraction of sp³-hybridized carbons (Fsp3) is 0.286. The van der Waals surface area contributed by atoms with Gasteiger partial charge < -0.3 is 37.3 Å². The number of thiazole rings is 6. The van der Waals surface area contributed by atoms with Gasteiger partial charge in [0.1, 0.15) is 59.9 Å². The lowest BCUT2D eigenvalue weighted by Crippen LogP contribution is -2.33. The van der Waals surface area contributed by atoms with Crippen LogP contribution in [0.15, 0.2) is 69.1 Å². The molecule has 0 radical (unpaired) electrons. The number of primary amides is 1. The summed E-state index contributed by atoms with van der Waals surface area (Å²) in [6.45, 7) is 9.32. The summed E-state index contributed by atoms with van der Waals surface area (Å²) in [5.74, 6) is -2.27. The summed E-state index contributed by atoms with van der Waals surface area (Å²) >= 11 is 7.47. The summed E-state index contributed by atoms with van der Waals surface area (Å²) in [5.41, 5.74) is 18.6. The molecule has 0 aliphatic rings. The van der Waals surface area contributed by atoms with Crippen LogP contribution in [-0.2, 0) is 33.9 Å². The Kier molecular flexibility index (Phi) is 23.6. The van der Waals surface area contributed by atoms with Crippen LogP contribution in [0.5, 0.6) is 0 Å². The molecule has 410 valence electrons. The Morgan fingerprint density at radius 3 is 2.04 bits per heavy atom. The Balaban J connectivity index is 0.000000934. The zero-order valence-corrected chi connectivity index (χ0v) is 48.3. The van der Waals surface area contributed by atoms with Gasteiger partial charge in [-0.15, -0.1) is 62.2 Å². The minimum absolute atomic E-state index is 0.00463. The molecule has 0 spiro atoms. The van der Waals surface area contributed by atoms with Crippen LogP contribution >= 0.6 is 68.0 Å². The highest BCUT2D eigenvalue weighted by Gasteiger charge is 2.25. The van der Waals surface area contributed by atoms with Crippen LogP contribution < -0.4 is 38.3 Å². The number of nitrogens with one attached hydrogen (secondary N) is 4. The number of nitrogens with two attached hydrogens (primary N) is 3. The quantitative estimate of drug-likeness (QED) is 0.0460. The highest BCUT2D eigenvalue weighted by Crippen LogP contribution is 2.38. The molecule has 8 rings (SSSR count). The van der Waals surface area contributed by atoms with Crippen molar-refractivity contribution in [1.29, 1.82) is 0 Å². The maximum Gasteiger partial charge on any atom is 0.357 e. The number of methoxy groups -OCH3 is 1. The topological polar surface area (TPSA) is 360 Å². The molecule has 0 saturated carbocycles. The summed E-state index contributed by atoms with van der Waals surface area (Å²) in [5, 5.41) is 34.0. The zero-order valence-electron chi connectivity index (χ0n) is 43.4. The Morgan fingerprint density at radius 1 is 0.731 bits per heavy atom. The number of hydrogen-bond donors (Lipinski definition) is 8. The van der Waals surface area contributed by atoms with E-state index in [1.807, 2.05) is 41.1 Å². The van der Waals surface area contributed by atoms with Gasteiger partial charge in [-0.1, -0.05) is 62.4 Å². The fourth-order valence-corrected chi connectivity index (χ4v) is 11.2. The van der Waals surface area contributed by atoms with Crippen molar-refractivity contribution in [3.63, 3.8) is 0 Å². The predicted molar refractivity (Wildman–Crippen MR) is 303 cm³/mol. The van der Waals surface area contributed by atoms with Gasteiger partial charge in [-0.3, -0.25) is 34.1 Å². The van der Waals surface area contributed by atoms with Crippen molar-refractivity contribution in [2.24, 2.45) is 22.5 Å². The SMILES string of the molecule is CC(C)C.CN.CNC(C)=O.COCc1sc(NC(=O)c2nc(CNC(=O)c3csc(-c4ccc(-c5nc(C(=O)N=[NH2+])cs5)nc4-c4csc(-c5csc(C[C@@H](O)c6ccccc6)n5)n4)n3)sc2C)nc1C(=O)NCC(N)=O. The molecular weight excluding hydrogens is 1120 g/mol. The molecule has 0 unspecified atom stereocenters. The highest BCUT2D eigenvalue weighted by atomic mass is 32.1. The fourth-order valence-electron chi connectivity index (χ4n) is 6.17. The second-order valence-electron chi connectivity index (χ2n) is 16.5. The standard InChI is InChI=1S/C41H33N13O7S6.C4H10.C3H7NO.CH5N/c1-18-31(37(60)53-41-52-33(27(67-41)13-61-2)36(59)44-11-28(42)56)51-30(66-18)12-45-34(57)23-15-63-38(49-23)20-8-9-21(39-50-24(16-65-39)35(58)54-43)47-32(20)22-14-64-40(48-22)25-17-62-29(46-25)10-26(55)19-6-4-3-5-7-19;1-4(2)3;1-3(5)4-2;1-2/h3-9,14-17,26,43,55H,10-13H2,1-2H3,(H2,42,56)(H,44,59)(H,45,57)(H,52,53,60);4H,1-3H3;1-2H3,(H,4,5);2H2,1H3/p+1/t26-;;;/m1.../s1. The highest BCUT2D eigenvalue weighted by molar-refractivity contribution is 7.16. The summed E-state index contributed by atoms with van der Waals surface area (Å²) in [4.78, 5) is 106.